The van der Waals surface area contributed by atoms with Crippen molar-refractivity contribution in [3.63, 3.8) is 0 Å². The van der Waals surface area contributed by atoms with Gasteiger partial charge >= 0.3 is 5.97 Å². The molecule has 4 nitrogen and oxygen atoms in total. The molecule has 0 aromatic heterocycles. The van der Waals surface area contributed by atoms with Crippen LogP contribution < -0.4 is 4.74 Å². The summed E-state index contributed by atoms with van der Waals surface area (Å²) < 4.78 is 10.8. The Bertz CT molecular complexity index is 553. The topological polar surface area (TPSA) is 55.8 Å². The van der Waals surface area contributed by atoms with Crippen molar-refractivity contribution < 1.29 is 19.4 Å². The van der Waals surface area contributed by atoms with Crippen molar-refractivity contribution in [3.05, 3.63) is 28.8 Å². The van der Waals surface area contributed by atoms with E-state index >= 15 is 0 Å². The van der Waals surface area contributed by atoms with Crippen molar-refractivity contribution in [2.45, 2.75) is 58.8 Å². The lowest BCUT2D eigenvalue weighted by molar-refractivity contribution is 0.0433. The summed E-state index contributed by atoms with van der Waals surface area (Å²) in [5.41, 5.74) is 2.19. The first kappa shape index (κ1) is 19.5. The Kier molecular flexibility index (Phi) is 6.23. The Hall–Kier alpha value is -1.55. The molecule has 0 aliphatic heterocycles. The van der Waals surface area contributed by atoms with Crippen LogP contribution in [0.1, 0.15) is 69.4 Å². The highest BCUT2D eigenvalue weighted by Crippen LogP contribution is 2.41. The smallest absolute Gasteiger partial charge is 0.338 e. The van der Waals surface area contributed by atoms with Gasteiger partial charge in [0.15, 0.2) is 0 Å². The minimum atomic E-state index is -0.416. The van der Waals surface area contributed by atoms with E-state index in [0.29, 0.717) is 5.56 Å². The Labute approximate surface area is 139 Å². The van der Waals surface area contributed by atoms with Crippen LogP contribution in [0.15, 0.2) is 12.1 Å². The number of esters is 1. The fourth-order valence-corrected chi connectivity index (χ4v) is 2.44. The van der Waals surface area contributed by atoms with Crippen LogP contribution in [-0.4, -0.2) is 31.4 Å². The zero-order chi connectivity index (χ0) is 17.8. The lowest BCUT2D eigenvalue weighted by Gasteiger charge is -2.31. The summed E-state index contributed by atoms with van der Waals surface area (Å²) in [6.45, 7) is 12.5. The molecule has 0 radical (unpaired) electrons. The summed E-state index contributed by atoms with van der Waals surface area (Å²) >= 11 is 0. The van der Waals surface area contributed by atoms with Crippen molar-refractivity contribution in [3.8, 4) is 5.75 Å². The van der Waals surface area contributed by atoms with Crippen molar-refractivity contribution in [1.29, 1.82) is 0 Å². The molecule has 1 aromatic rings. The van der Waals surface area contributed by atoms with Gasteiger partial charge in [-0.1, -0.05) is 41.5 Å². The lowest BCUT2D eigenvalue weighted by atomic mass is 9.76. The second-order valence-corrected chi connectivity index (χ2v) is 7.45. The molecule has 0 aliphatic carbocycles. The third kappa shape index (κ3) is 4.47. The standard InChI is InChI=1S/C19H30O4/c1-8-19(5,6)15-12-13(17(21)23-10-9-20)11-14(16(15)22-7)18(2,3)4/h11-12,20H,8-10H2,1-7H3. The van der Waals surface area contributed by atoms with Gasteiger partial charge in [-0.05, 0) is 29.4 Å². The van der Waals surface area contributed by atoms with E-state index in [0.717, 1.165) is 23.3 Å². The largest absolute Gasteiger partial charge is 0.496 e. The molecule has 0 saturated carbocycles. The highest BCUT2D eigenvalue weighted by molar-refractivity contribution is 5.90. The first-order chi connectivity index (χ1) is 10.6. The second kappa shape index (κ2) is 7.35. The average Bonchev–Trinajstić information content (AvgIpc) is 2.50. The van der Waals surface area contributed by atoms with Gasteiger partial charge in [0.25, 0.3) is 0 Å². The van der Waals surface area contributed by atoms with Crippen LogP contribution in [0.3, 0.4) is 0 Å². The van der Waals surface area contributed by atoms with Gasteiger partial charge in [-0.15, -0.1) is 0 Å². The number of hydrogen-bond acceptors (Lipinski definition) is 4. The third-order valence-electron chi connectivity index (χ3n) is 4.27. The van der Waals surface area contributed by atoms with Crippen molar-refractivity contribution in [2.75, 3.05) is 20.3 Å². The molecule has 1 rings (SSSR count). The predicted molar refractivity (Wildman–Crippen MR) is 92.4 cm³/mol. The molecule has 0 saturated heterocycles. The third-order valence-corrected chi connectivity index (χ3v) is 4.27. The molecule has 0 fully saturated rings. The van der Waals surface area contributed by atoms with E-state index in [1.807, 2.05) is 12.1 Å². The maximum Gasteiger partial charge on any atom is 0.338 e. The Morgan fingerprint density at radius 2 is 1.70 bits per heavy atom. The molecule has 0 atom stereocenters. The van der Waals surface area contributed by atoms with Crippen LogP contribution in [0.4, 0.5) is 0 Å². The molecule has 1 N–H and O–H groups in total. The number of aliphatic hydroxyl groups is 1. The molecule has 4 heteroatoms. The van der Waals surface area contributed by atoms with Crippen LogP contribution in [0.25, 0.3) is 0 Å². The maximum atomic E-state index is 12.3. The number of carbonyl (C=O) groups excluding carboxylic acids is 1. The number of methoxy groups -OCH3 is 1. The van der Waals surface area contributed by atoms with Gasteiger partial charge in [-0.3, -0.25) is 0 Å². The number of aliphatic hydroxyl groups excluding tert-OH is 1. The van der Waals surface area contributed by atoms with E-state index in [9.17, 15) is 4.79 Å². The maximum absolute atomic E-state index is 12.3. The monoisotopic (exact) mass is 322 g/mol. The van der Waals surface area contributed by atoms with Gasteiger partial charge in [-0.25, -0.2) is 4.79 Å². The average molecular weight is 322 g/mol. The molecule has 0 aliphatic rings. The van der Waals surface area contributed by atoms with Gasteiger partial charge in [0.05, 0.1) is 19.3 Å². The fourth-order valence-electron chi connectivity index (χ4n) is 2.44. The van der Waals surface area contributed by atoms with Gasteiger partial charge < -0.3 is 14.6 Å². The SMILES string of the molecule is CCC(C)(C)c1cc(C(=O)OCCO)cc(C(C)(C)C)c1OC. The molecule has 0 unspecified atom stereocenters. The molecule has 0 heterocycles. The first-order valence-electron chi connectivity index (χ1n) is 8.09. The van der Waals surface area contributed by atoms with Crippen LogP contribution in [0, 0.1) is 0 Å². The number of ether oxygens (including phenoxy) is 2. The molecule has 1 aromatic carbocycles. The minimum absolute atomic E-state index is 0.00220. The van der Waals surface area contributed by atoms with Gasteiger partial charge in [-0.2, -0.15) is 0 Å². The number of hydrogen-bond donors (Lipinski definition) is 1. The van der Waals surface area contributed by atoms with Crippen molar-refractivity contribution in [1.82, 2.24) is 0 Å². The summed E-state index contributed by atoms with van der Waals surface area (Å²) in [4.78, 5) is 12.3. The number of benzene rings is 1. The normalized spacial score (nSPS) is 12.2. The number of carbonyl (C=O) groups is 1. The predicted octanol–water partition coefficient (Wildman–Crippen LogP) is 3.83. The van der Waals surface area contributed by atoms with E-state index in [4.69, 9.17) is 14.6 Å². The summed E-state index contributed by atoms with van der Waals surface area (Å²) in [6, 6.07) is 3.70. The highest BCUT2D eigenvalue weighted by Gasteiger charge is 2.30. The highest BCUT2D eigenvalue weighted by atomic mass is 16.5. The van der Waals surface area contributed by atoms with E-state index in [1.165, 1.54) is 0 Å². The second-order valence-electron chi connectivity index (χ2n) is 7.45. The van der Waals surface area contributed by atoms with Gasteiger partial charge in [0, 0.05) is 11.1 Å². The molecule has 0 amide bonds. The van der Waals surface area contributed by atoms with E-state index < -0.39 is 5.97 Å². The van der Waals surface area contributed by atoms with Crippen LogP contribution in [0.5, 0.6) is 5.75 Å². The van der Waals surface area contributed by atoms with Gasteiger partial charge in [0.1, 0.15) is 12.4 Å². The lowest BCUT2D eigenvalue weighted by Crippen LogP contribution is -2.22. The zero-order valence-electron chi connectivity index (χ0n) is 15.4. The Balaban J connectivity index is 3.58. The fraction of sp³-hybridized carbons (Fsp3) is 0.632. The number of rotatable bonds is 6. The summed E-state index contributed by atoms with van der Waals surface area (Å²) in [5, 5.41) is 8.85. The van der Waals surface area contributed by atoms with Crippen LogP contribution in [-0.2, 0) is 15.6 Å². The van der Waals surface area contributed by atoms with Crippen molar-refractivity contribution in [2.24, 2.45) is 0 Å². The molecule has 130 valence electrons. The molecule has 0 bridgehead atoms. The van der Waals surface area contributed by atoms with Crippen LogP contribution >= 0.6 is 0 Å². The Morgan fingerprint density at radius 3 is 2.13 bits per heavy atom. The quantitative estimate of drug-likeness (QED) is 0.809. The molecular weight excluding hydrogens is 292 g/mol. The summed E-state index contributed by atoms with van der Waals surface area (Å²) in [7, 11) is 1.67. The zero-order valence-corrected chi connectivity index (χ0v) is 15.4. The molecule has 23 heavy (non-hydrogen) atoms. The van der Waals surface area contributed by atoms with Crippen molar-refractivity contribution >= 4 is 5.97 Å². The van der Waals surface area contributed by atoms with E-state index in [2.05, 4.69) is 41.5 Å². The first-order valence-corrected chi connectivity index (χ1v) is 8.09. The summed E-state index contributed by atoms with van der Waals surface area (Å²) in [6.07, 6.45) is 0.919. The molecular formula is C19H30O4. The van der Waals surface area contributed by atoms with E-state index in [-0.39, 0.29) is 24.0 Å². The van der Waals surface area contributed by atoms with E-state index in [1.54, 1.807) is 7.11 Å². The van der Waals surface area contributed by atoms with Gasteiger partial charge in [0.2, 0.25) is 0 Å². The van der Waals surface area contributed by atoms with Crippen LogP contribution in [0.2, 0.25) is 0 Å². The minimum Gasteiger partial charge on any atom is -0.496 e. The molecule has 0 spiro atoms. The summed E-state index contributed by atoms with van der Waals surface area (Å²) in [5.74, 6) is 0.420. The Morgan fingerprint density at radius 1 is 1.13 bits per heavy atom.